The molecule has 0 aliphatic carbocycles. The average molecular weight is 419 g/mol. The molecule has 0 saturated carbocycles. The van der Waals surface area contributed by atoms with Gasteiger partial charge in [-0.15, -0.1) is 0 Å². The monoisotopic (exact) mass is 419 g/mol. The van der Waals surface area contributed by atoms with Crippen LogP contribution in [0.4, 0.5) is 0 Å². The predicted octanol–water partition coefficient (Wildman–Crippen LogP) is 2.61. The Kier molecular flexibility index (Phi) is 5.98. The summed E-state index contributed by atoms with van der Waals surface area (Å²) in [7, 11) is 1.48. The maximum Gasteiger partial charge on any atom is 0.331 e. The van der Waals surface area contributed by atoms with E-state index in [9.17, 15) is 9.59 Å². The topological polar surface area (TPSA) is 91.7 Å². The number of hydrogen-bond donors (Lipinski definition) is 1. The van der Waals surface area contributed by atoms with Crippen LogP contribution in [0, 0.1) is 0 Å². The lowest BCUT2D eigenvalue weighted by molar-refractivity contribution is -0.143. The number of nitrogens with one attached hydrogen (secondary N) is 1. The second-order valence-electron chi connectivity index (χ2n) is 6.69. The van der Waals surface area contributed by atoms with Crippen molar-refractivity contribution in [3.63, 3.8) is 0 Å². The van der Waals surface area contributed by atoms with E-state index in [0.29, 0.717) is 36.0 Å². The number of ether oxygens (including phenoxy) is 3. The van der Waals surface area contributed by atoms with Crippen LogP contribution in [0.1, 0.15) is 5.56 Å². The standard InChI is InChI=1S/C23H21N3O5/c1-24-21(27)15-31-22(28)10-8-17-14-26(18-5-3-2-4-6-18)25-23(17)16-7-9-19-20(13-16)30-12-11-29-19/h2-10,13-14H,11-12,15H2,1H3,(H,24,27)/b10-8+. The number of carbonyl (C=O) groups excluding carboxylic acids is 2. The molecule has 8 nitrogen and oxygen atoms in total. The molecule has 2 heterocycles. The van der Waals surface area contributed by atoms with E-state index in [1.54, 1.807) is 10.8 Å². The summed E-state index contributed by atoms with van der Waals surface area (Å²) < 4.78 is 17.9. The van der Waals surface area contributed by atoms with Crippen LogP contribution in [0.2, 0.25) is 0 Å². The Morgan fingerprint density at radius 1 is 1.13 bits per heavy atom. The smallest absolute Gasteiger partial charge is 0.331 e. The molecule has 0 fully saturated rings. The highest BCUT2D eigenvalue weighted by atomic mass is 16.6. The molecule has 0 atom stereocenters. The first-order chi connectivity index (χ1) is 15.1. The summed E-state index contributed by atoms with van der Waals surface area (Å²) in [6.07, 6.45) is 4.71. The van der Waals surface area contributed by atoms with Crippen molar-refractivity contribution < 1.29 is 23.8 Å². The molecule has 31 heavy (non-hydrogen) atoms. The average Bonchev–Trinajstić information content (AvgIpc) is 3.25. The van der Waals surface area contributed by atoms with Gasteiger partial charge in [0.05, 0.1) is 5.69 Å². The van der Waals surface area contributed by atoms with E-state index in [1.807, 2.05) is 54.7 Å². The van der Waals surface area contributed by atoms with Crippen LogP contribution in [-0.2, 0) is 14.3 Å². The second-order valence-corrected chi connectivity index (χ2v) is 6.69. The molecule has 2 aromatic carbocycles. The zero-order valence-electron chi connectivity index (χ0n) is 16.9. The molecule has 1 aliphatic heterocycles. The van der Waals surface area contributed by atoms with Gasteiger partial charge >= 0.3 is 5.97 Å². The minimum atomic E-state index is -0.621. The number of fused-ring (bicyclic) bond motifs is 1. The van der Waals surface area contributed by atoms with E-state index >= 15 is 0 Å². The van der Waals surface area contributed by atoms with Crippen LogP contribution in [0.15, 0.2) is 60.8 Å². The minimum absolute atomic E-state index is 0.335. The molecule has 0 spiro atoms. The van der Waals surface area contributed by atoms with Gasteiger partial charge in [0, 0.05) is 30.4 Å². The Labute approximate surface area is 179 Å². The highest BCUT2D eigenvalue weighted by molar-refractivity contribution is 5.90. The number of carbonyl (C=O) groups is 2. The molecule has 1 N–H and O–H groups in total. The summed E-state index contributed by atoms with van der Waals surface area (Å²) in [6.45, 7) is 0.665. The van der Waals surface area contributed by atoms with Gasteiger partial charge in [0.1, 0.15) is 18.9 Å². The summed E-state index contributed by atoms with van der Waals surface area (Å²) in [4.78, 5) is 23.3. The summed E-state index contributed by atoms with van der Waals surface area (Å²) in [5.74, 6) is 0.338. The number of para-hydroxylation sites is 1. The Morgan fingerprint density at radius 2 is 1.90 bits per heavy atom. The van der Waals surface area contributed by atoms with Crippen LogP contribution < -0.4 is 14.8 Å². The van der Waals surface area contributed by atoms with Gasteiger partial charge in [-0.1, -0.05) is 18.2 Å². The van der Waals surface area contributed by atoms with Gasteiger partial charge in [-0.05, 0) is 36.4 Å². The molecule has 1 amide bonds. The SMILES string of the molecule is CNC(=O)COC(=O)/C=C/c1cn(-c2ccccc2)nc1-c1ccc2c(c1)OCCO2. The van der Waals surface area contributed by atoms with E-state index in [1.165, 1.54) is 13.1 Å². The zero-order chi connectivity index (χ0) is 21.6. The van der Waals surface area contributed by atoms with Crippen molar-refractivity contribution in [3.8, 4) is 28.4 Å². The van der Waals surface area contributed by atoms with Crippen molar-refractivity contribution in [3.05, 3.63) is 66.4 Å². The van der Waals surface area contributed by atoms with E-state index < -0.39 is 5.97 Å². The van der Waals surface area contributed by atoms with Crippen molar-refractivity contribution in [1.82, 2.24) is 15.1 Å². The lowest BCUT2D eigenvalue weighted by Gasteiger charge is -2.18. The van der Waals surface area contributed by atoms with E-state index in [2.05, 4.69) is 5.32 Å². The van der Waals surface area contributed by atoms with Crippen LogP contribution in [0.25, 0.3) is 23.0 Å². The van der Waals surface area contributed by atoms with Gasteiger partial charge in [0.2, 0.25) is 0 Å². The first-order valence-corrected chi connectivity index (χ1v) is 9.74. The Balaban J connectivity index is 1.66. The molecular weight excluding hydrogens is 398 g/mol. The lowest BCUT2D eigenvalue weighted by atomic mass is 10.1. The third-order valence-electron chi connectivity index (χ3n) is 4.60. The number of esters is 1. The fourth-order valence-corrected chi connectivity index (χ4v) is 3.05. The van der Waals surface area contributed by atoms with Crippen LogP contribution in [0.3, 0.4) is 0 Å². The van der Waals surface area contributed by atoms with E-state index in [4.69, 9.17) is 19.3 Å². The van der Waals surface area contributed by atoms with Gasteiger partial charge in [-0.25, -0.2) is 9.48 Å². The second kappa shape index (κ2) is 9.17. The summed E-state index contributed by atoms with van der Waals surface area (Å²) in [5.41, 5.74) is 3.06. The summed E-state index contributed by atoms with van der Waals surface area (Å²) in [6, 6.07) is 15.3. The normalized spacial score (nSPS) is 12.5. The van der Waals surface area contributed by atoms with Gasteiger partial charge in [0.15, 0.2) is 18.1 Å². The molecule has 4 rings (SSSR count). The first-order valence-electron chi connectivity index (χ1n) is 9.74. The highest BCUT2D eigenvalue weighted by Crippen LogP contribution is 2.35. The van der Waals surface area contributed by atoms with Crippen LogP contribution in [-0.4, -0.2) is 48.5 Å². The third kappa shape index (κ3) is 4.75. The number of aromatic nitrogens is 2. The molecule has 0 unspecified atom stereocenters. The van der Waals surface area contributed by atoms with Crippen LogP contribution >= 0.6 is 0 Å². The fraction of sp³-hybridized carbons (Fsp3) is 0.174. The summed E-state index contributed by atoms with van der Waals surface area (Å²) >= 11 is 0. The lowest BCUT2D eigenvalue weighted by Crippen LogP contribution is -2.24. The van der Waals surface area contributed by atoms with Crippen molar-refractivity contribution in [1.29, 1.82) is 0 Å². The Hall–Kier alpha value is -4.07. The number of rotatable bonds is 6. The molecule has 1 aromatic heterocycles. The molecule has 3 aromatic rings. The molecular formula is C23H21N3O5. The maximum atomic E-state index is 12.0. The molecule has 8 heteroatoms. The van der Waals surface area contributed by atoms with E-state index in [0.717, 1.165) is 11.3 Å². The quantitative estimate of drug-likeness (QED) is 0.488. The third-order valence-corrected chi connectivity index (χ3v) is 4.60. The van der Waals surface area contributed by atoms with Crippen molar-refractivity contribution >= 4 is 18.0 Å². The van der Waals surface area contributed by atoms with Crippen LogP contribution in [0.5, 0.6) is 11.5 Å². The Bertz CT molecular complexity index is 1120. The van der Waals surface area contributed by atoms with Gasteiger partial charge in [-0.3, -0.25) is 4.79 Å². The van der Waals surface area contributed by atoms with Crippen molar-refractivity contribution in [2.75, 3.05) is 26.9 Å². The number of benzene rings is 2. The molecule has 0 saturated heterocycles. The molecule has 0 radical (unpaired) electrons. The van der Waals surface area contributed by atoms with Gasteiger partial charge in [0.25, 0.3) is 5.91 Å². The first kappa shape index (κ1) is 20.2. The van der Waals surface area contributed by atoms with Crippen molar-refractivity contribution in [2.45, 2.75) is 0 Å². The largest absolute Gasteiger partial charge is 0.486 e. The molecule has 158 valence electrons. The zero-order valence-corrected chi connectivity index (χ0v) is 16.9. The molecule has 0 bridgehead atoms. The fourth-order valence-electron chi connectivity index (χ4n) is 3.05. The Morgan fingerprint density at radius 3 is 2.68 bits per heavy atom. The number of likely N-dealkylation sites (N-methyl/N-ethyl adjacent to an activating group) is 1. The van der Waals surface area contributed by atoms with E-state index in [-0.39, 0.29) is 12.5 Å². The number of amides is 1. The minimum Gasteiger partial charge on any atom is -0.486 e. The predicted molar refractivity (Wildman–Crippen MR) is 114 cm³/mol. The number of hydrogen-bond acceptors (Lipinski definition) is 6. The molecule has 1 aliphatic rings. The highest BCUT2D eigenvalue weighted by Gasteiger charge is 2.16. The van der Waals surface area contributed by atoms with Gasteiger partial charge in [-0.2, -0.15) is 5.10 Å². The summed E-state index contributed by atoms with van der Waals surface area (Å²) in [5, 5.41) is 7.11. The maximum absolute atomic E-state index is 12.0. The number of nitrogens with zero attached hydrogens (tertiary/aromatic N) is 2. The van der Waals surface area contributed by atoms with Gasteiger partial charge < -0.3 is 19.5 Å². The van der Waals surface area contributed by atoms with Crippen molar-refractivity contribution in [2.24, 2.45) is 0 Å².